The van der Waals surface area contributed by atoms with Crippen molar-refractivity contribution < 1.29 is 4.39 Å². The number of benzene rings is 1. The summed E-state index contributed by atoms with van der Waals surface area (Å²) in [7, 11) is 3.92. The first-order chi connectivity index (χ1) is 9.65. The summed E-state index contributed by atoms with van der Waals surface area (Å²) in [5.41, 5.74) is 3.09. The minimum atomic E-state index is -0.200. The van der Waals surface area contributed by atoms with E-state index in [1.807, 2.05) is 43.4 Å². The summed E-state index contributed by atoms with van der Waals surface area (Å²) in [6.07, 6.45) is 4.23. The Morgan fingerprint density at radius 3 is 2.80 bits per heavy atom. The molecule has 1 aliphatic rings. The lowest BCUT2D eigenvalue weighted by Crippen LogP contribution is -2.28. The van der Waals surface area contributed by atoms with Gasteiger partial charge in [0.2, 0.25) is 0 Å². The number of nitrogens with zero attached hydrogens (tertiary/aromatic N) is 3. The maximum atomic E-state index is 13.5. The first-order valence-electron chi connectivity index (χ1n) is 6.57. The molecule has 0 aliphatic carbocycles. The van der Waals surface area contributed by atoms with Gasteiger partial charge in [-0.1, -0.05) is 12.1 Å². The molecule has 0 bridgehead atoms. The van der Waals surface area contributed by atoms with E-state index in [0.717, 1.165) is 22.5 Å². The van der Waals surface area contributed by atoms with Crippen molar-refractivity contribution in [3.05, 3.63) is 65.2 Å². The van der Waals surface area contributed by atoms with Crippen LogP contribution in [0.3, 0.4) is 0 Å². The van der Waals surface area contributed by atoms with E-state index in [2.05, 4.69) is 4.98 Å². The zero-order valence-electron chi connectivity index (χ0n) is 11.5. The molecular formula is C16H16FN3. The minimum absolute atomic E-state index is 0.106. The van der Waals surface area contributed by atoms with Crippen LogP contribution in [0.15, 0.2) is 47.7 Å². The van der Waals surface area contributed by atoms with Crippen LogP contribution in [-0.2, 0) is 6.42 Å². The summed E-state index contributed by atoms with van der Waals surface area (Å²) in [6.45, 7) is 0. The maximum absolute atomic E-state index is 13.5. The molecule has 0 fully saturated rings. The number of aliphatic imine (C=N–C) groups is 1. The summed E-state index contributed by atoms with van der Waals surface area (Å²) >= 11 is 0. The van der Waals surface area contributed by atoms with Gasteiger partial charge in [-0.2, -0.15) is 0 Å². The maximum Gasteiger partial charge on any atom is 0.123 e. The van der Waals surface area contributed by atoms with Crippen LogP contribution in [0.4, 0.5) is 4.39 Å². The fourth-order valence-corrected chi connectivity index (χ4v) is 2.49. The number of halogens is 1. The molecule has 3 nitrogen and oxygen atoms in total. The summed E-state index contributed by atoms with van der Waals surface area (Å²) in [6, 6.07) is 8.74. The van der Waals surface area contributed by atoms with Crippen LogP contribution < -0.4 is 0 Å². The molecule has 1 aromatic carbocycles. The van der Waals surface area contributed by atoms with E-state index in [0.29, 0.717) is 6.42 Å². The molecule has 2 heterocycles. The van der Waals surface area contributed by atoms with Crippen LogP contribution in [0.25, 0.3) is 0 Å². The molecule has 102 valence electrons. The summed E-state index contributed by atoms with van der Waals surface area (Å²) in [4.78, 5) is 10.9. The van der Waals surface area contributed by atoms with Gasteiger partial charge in [0.25, 0.3) is 0 Å². The highest BCUT2D eigenvalue weighted by Gasteiger charge is 2.24. The third-order valence-electron chi connectivity index (χ3n) is 3.54. The number of hydrogen-bond donors (Lipinski definition) is 0. The molecular weight excluding hydrogens is 253 g/mol. The van der Waals surface area contributed by atoms with Crippen LogP contribution in [0.1, 0.15) is 22.7 Å². The van der Waals surface area contributed by atoms with E-state index in [1.165, 1.54) is 6.07 Å². The molecule has 1 unspecified atom stereocenters. The van der Waals surface area contributed by atoms with Crippen LogP contribution in [0, 0.1) is 5.82 Å². The van der Waals surface area contributed by atoms with Crippen LogP contribution in [0.5, 0.6) is 0 Å². The topological polar surface area (TPSA) is 28.5 Å². The number of rotatable bonds is 1. The van der Waals surface area contributed by atoms with Crippen molar-refractivity contribution in [1.82, 2.24) is 9.88 Å². The SMILES string of the molecule is CN(C)C1=NC(c2cccnc2)c2ccc(F)cc2C1. The molecule has 0 N–H and O–H groups in total. The molecule has 4 heteroatoms. The van der Waals surface area contributed by atoms with Gasteiger partial charge in [0.15, 0.2) is 0 Å². The number of amidine groups is 1. The molecule has 0 saturated carbocycles. The molecule has 1 atom stereocenters. The average molecular weight is 269 g/mol. The van der Waals surface area contributed by atoms with Crippen LogP contribution >= 0.6 is 0 Å². The standard InChI is InChI=1S/C16H16FN3/c1-20(2)15-9-12-8-13(17)5-6-14(12)16(19-15)11-4-3-7-18-10-11/h3-8,10,16H,9H2,1-2H3. The predicted molar refractivity (Wildman–Crippen MR) is 77.3 cm³/mol. The smallest absolute Gasteiger partial charge is 0.123 e. The lowest BCUT2D eigenvalue weighted by Gasteiger charge is -2.27. The van der Waals surface area contributed by atoms with Gasteiger partial charge in [0.1, 0.15) is 17.7 Å². The Morgan fingerprint density at radius 1 is 1.25 bits per heavy atom. The lowest BCUT2D eigenvalue weighted by molar-refractivity contribution is 0.587. The predicted octanol–water partition coefficient (Wildman–Crippen LogP) is 2.83. The van der Waals surface area contributed by atoms with E-state index in [-0.39, 0.29) is 11.9 Å². The Kier molecular flexibility index (Phi) is 3.22. The highest BCUT2D eigenvalue weighted by atomic mass is 19.1. The minimum Gasteiger partial charge on any atom is -0.366 e. The van der Waals surface area contributed by atoms with E-state index in [1.54, 1.807) is 12.3 Å². The first-order valence-corrected chi connectivity index (χ1v) is 6.57. The second kappa shape index (κ2) is 5.04. The van der Waals surface area contributed by atoms with Gasteiger partial charge >= 0.3 is 0 Å². The van der Waals surface area contributed by atoms with E-state index >= 15 is 0 Å². The molecule has 0 amide bonds. The van der Waals surface area contributed by atoms with E-state index in [4.69, 9.17) is 4.99 Å². The Hall–Kier alpha value is -2.23. The Morgan fingerprint density at radius 2 is 2.10 bits per heavy atom. The highest BCUT2D eigenvalue weighted by molar-refractivity contribution is 5.86. The zero-order chi connectivity index (χ0) is 14.1. The molecule has 0 radical (unpaired) electrons. The fraction of sp³-hybridized carbons (Fsp3) is 0.250. The van der Waals surface area contributed by atoms with Gasteiger partial charge < -0.3 is 4.90 Å². The molecule has 2 aromatic rings. The quantitative estimate of drug-likeness (QED) is 0.796. The number of aromatic nitrogens is 1. The average Bonchev–Trinajstić information content (AvgIpc) is 2.46. The molecule has 20 heavy (non-hydrogen) atoms. The Labute approximate surface area is 117 Å². The van der Waals surface area contributed by atoms with Gasteiger partial charge in [0.05, 0.1) is 0 Å². The molecule has 0 saturated heterocycles. The van der Waals surface area contributed by atoms with Crippen molar-refractivity contribution in [2.24, 2.45) is 4.99 Å². The van der Waals surface area contributed by atoms with Crippen molar-refractivity contribution >= 4 is 5.84 Å². The van der Waals surface area contributed by atoms with Gasteiger partial charge in [-0.05, 0) is 34.9 Å². The van der Waals surface area contributed by atoms with Crippen molar-refractivity contribution in [2.45, 2.75) is 12.5 Å². The zero-order valence-corrected chi connectivity index (χ0v) is 11.5. The summed E-state index contributed by atoms with van der Waals surface area (Å²) < 4.78 is 13.5. The van der Waals surface area contributed by atoms with E-state index in [9.17, 15) is 4.39 Å². The Balaban J connectivity index is 2.12. The third-order valence-corrected chi connectivity index (χ3v) is 3.54. The highest BCUT2D eigenvalue weighted by Crippen LogP contribution is 2.33. The number of hydrogen-bond acceptors (Lipinski definition) is 3. The van der Waals surface area contributed by atoms with Crippen molar-refractivity contribution in [1.29, 1.82) is 0 Å². The van der Waals surface area contributed by atoms with Gasteiger partial charge in [-0.15, -0.1) is 0 Å². The van der Waals surface area contributed by atoms with Gasteiger partial charge in [-0.25, -0.2) is 4.39 Å². The normalized spacial score (nSPS) is 17.4. The largest absolute Gasteiger partial charge is 0.366 e. The summed E-state index contributed by atoms with van der Waals surface area (Å²) in [5, 5.41) is 0. The van der Waals surface area contributed by atoms with Gasteiger partial charge in [0, 0.05) is 32.9 Å². The second-order valence-electron chi connectivity index (χ2n) is 5.15. The van der Waals surface area contributed by atoms with Crippen molar-refractivity contribution in [3.63, 3.8) is 0 Å². The summed E-state index contributed by atoms with van der Waals surface area (Å²) in [5.74, 6) is 0.755. The number of likely N-dealkylation sites (N-methyl/N-ethyl adjacent to an activating group) is 1. The third kappa shape index (κ3) is 2.29. The monoisotopic (exact) mass is 269 g/mol. The molecule has 1 aliphatic heterocycles. The van der Waals surface area contributed by atoms with E-state index < -0.39 is 0 Å². The van der Waals surface area contributed by atoms with Gasteiger partial charge in [-0.3, -0.25) is 9.98 Å². The second-order valence-corrected chi connectivity index (χ2v) is 5.15. The number of pyridine rings is 1. The van der Waals surface area contributed by atoms with Crippen LogP contribution in [-0.4, -0.2) is 29.8 Å². The Bertz CT molecular complexity index is 650. The number of fused-ring (bicyclic) bond motifs is 1. The molecule has 3 rings (SSSR count). The molecule has 1 aromatic heterocycles. The van der Waals surface area contributed by atoms with Crippen molar-refractivity contribution in [3.8, 4) is 0 Å². The fourth-order valence-electron chi connectivity index (χ4n) is 2.49. The lowest BCUT2D eigenvalue weighted by atomic mass is 9.91. The molecule has 0 spiro atoms. The van der Waals surface area contributed by atoms with Crippen molar-refractivity contribution in [2.75, 3.05) is 14.1 Å². The van der Waals surface area contributed by atoms with Crippen LogP contribution in [0.2, 0.25) is 0 Å². The first kappa shape index (κ1) is 12.8.